The van der Waals surface area contributed by atoms with Crippen LogP contribution in [0.15, 0.2) is 17.5 Å². The highest BCUT2D eigenvalue weighted by atomic mass is 32.1. The summed E-state index contributed by atoms with van der Waals surface area (Å²) in [7, 11) is 0. The summed E-state index contributed by atoms with van der Waals surface area (Å²) < 4.78 is 0. The van der Waals surface area contributed by atoms with Gasteiger partial charge in [-0.1, -0.05) is 18.9 Å². The minimum Gasteiger partial charge on any atom is -0.349 e. The zero-order valence-corrected chi connectivity index (χ0v) is 12.0. The molecule has 1 aliphatic carbocycles. The van der Waals surface area contributed by atoms with Gasteiger partial charge in [0, 0.05) is 11.8 Å². The van der Waals surface area contributed by atoms with E-state index in [1.807, 2.05) is 17.5 Å². The predicted molar refractivity (Wildman–Crippen MR) is 75.7 cm³/mol. The second kappa shape index (κ2) is 6.70. The van der Waals surface area contributed by atoms with Crippen LogP contribution in [0, 0.1) is 5.92 Å². The van der Waals surface area contributed by atoms with Crippen LogP contribution in [-0.4, -0.2) is 17.9 Å². The van der Waals surface area contributed by atoms with Crippen LogP contribution in [0.1, 0.15) is 37.5 Å². The summed E-state index contributed by atoms with van der Waals surface area (Å²) in [5, 5.41) is 7.72. The first-order chi connectivity index (χ1) is 9.16. The first-order valence-corrected chi connectivity index (χ1v) is 7.62. The maximum atomic E-state index is 12.2. The van der Waals surface area contributed by atoms with E-state index < -0.39 is 0 Å². The van der Waals surface area contributed by atoms with Crippen molar-refractivity contribution >= 4 is 23.2 Å². The summed E-state index contributed by atoms with van der Waals surface area (Å²) in [6.45, 7) is 2.01. The van der Waals surface area contributed by atoms with Crippen molar-refractivity contribution in [2.75, 3.05) is 0 Å². The Hall–Kier alpha value is -1.36. The van der Waals surface area contributed by atoms with Crippen molar-refractivity contribution in [1.82, 2.24) is 10.6 Å². The maximum absolute atomic E-state index is 12.2. The Bertz CT molecular complexity index is 425. The van der Waals surface area contributed by atoms with Crippen LogP contribution >= 0.6 is 11.3 Å². The molecule has 19 heavy (non-hydrogen) atoms. The van der Waals surface area contributed by atoms with Gasteiger partial charge in [-0.25, -0.2) is 0 Å². The lowest BCUT2D eigenvalue weighted by atomic mass is 9.97. The highest BCUT2D eigenvalue weighted by Gasteiger charge is 2.31. The first kappa shape index (κ1) is 14.1. The minimum absolute atomic E-state index is 0.0597. The average molecular weight is 280 g/mol. The van der Waals surface area contributed by atoms with Crippen molar-refractivity contribution < 1.29 is 9.59 Å². The topological polar surface area (TPSA) is 58.2 Å². The van der Waals surface area contributed by atoms with Gasteiger partial charge < -0.3 is 10.6 Å². The maximum Gasteiger partial charge on any atom is 0.243 e. The van der Waals surface area contributed by atoms with E-state index in [-0.39, 0.29) is 23.8 Å². The molecule has 1 saturated carbocycles. The Morgan fingerprint density at radius 3 is 2.74 bits per heavy atom. The summed E-state index contributed by atoms with van der Waals surface area (Å²) >= 11 is 1.62. The molecule has 1 aromatic rings. The molecule has 2 rings (SSSR count). The number of carbonyl (C=O) groups excluding carboxylic acids is 2. The zero-order valence-electron chi connectivity index (χ0n) is 11.1. The standard InChI is InChI=1S/C14H20N2O2S/c1-10(17)16-13(11-5-2-3-6-11)14(18)15-9-12-7-4-8-19-12/h4,7-8,11,13H,2-3,5-6,9H2,1H3,(H,15,18)(H,16,17)/t13-/m1/s1. The van der Waals surface area contributed by atoms with Gasteiger partial charge in [-0.15, -0.1) is 11.3 Å². The largest absolute Gasteiger partial charge is 0.349 e. The number of thiophene rings is 1. The van der Waals surface area contributed by atoms with Gasteiger partial charge in [0.05, 0.1) is 6.54 Å². The van der Waals surface area contributed by atoms with E-state index in [4.69, 9.17) is 0 Å². The van der Waals surface area contributed by atoms with E-state index in [1.54, 1.807) is 11.3 Å². The van der Waals surface area contributed by atoms with Gasteiger partial charge in [0.25, 0.3) is 0 Å². The Morgan fingerprint density at radius 1 is 1.42 bits per heavy atom. The molecular weight excluding hydrogens is 260 g/mol. The molecule has 0 unspecified atom stereocenters. The molecule has 1 aromatic heterocycles. The van der Waals surface area contributed by atoms with Crippen molar-refractivity contribution in [2.45, 2.75) is 45.2 Å². The van der Waals surface area contributed by atoms with Crippen LogP contribution in [0.25, 0.3) is 0 Å². The monoisotopic (exact) mass is 280 g/mol. The molecule has 1 heterocycles. The summed E-state index contributed by atoms with van der Waals surface area (Å²) in [6.07, 6.45) is 4.35. The highest BCUT2D eigenvalue weighted by Crippen LogP contribution is 2.28. The van der Waals surface area contributed by atoms with Crippen LogP contribution in [0.5, 0.6) is 0 Å². The van der Waals surface area contributed by atoms with E-state index in [9.17, 15) is 9.59 Å². The van der Waals surface area contributed by atoms with Gasteiger partial charge >= 0.3 is 0 Å². The Morgan fingerprint density at radius 2 is 2.16 bits per heavy atom. The lowest BCUT2D eigenvalue weighted by molar-refractivity contribution is -0.129. The van der Waals surface area contributed by atoms with Crippen LogP contribution in [0.4, 0.5) is 0 Å². The summed E-state index contributed by atoms with van der Waals surface area (Å²) in [5.41, 5.74) is 0. The Kier molecular flexibility index (Phi) is 4.96. The second-order valence-corrected chi connectivity index (χ2v) is 6.05. The molecular formula is C14H20N2O2S. The van der Waals surface area contributed by atoms with Gasteiger partial charge in [-0.05, 0) is 30.2 Å². The zero-order chi connectivity index (χ0) is 13.7. The van der Waals surface area contributed by atoms with Gasteiger partial charge in [-0.2, -0.15) is 0 Å². The minimum atomic E-state index is -0.375. The summed E-state index contributed by atoms with van der Waals surface area (Å²) in [6, 6.07) is 3.59. The molecule has 5 heteroatoms. The van der Waals surface area contributed by atoms with E-state index in [1.165, 1.54) is 6.92 Å². The van der Waals surface area contributed by atoms with Gasteiger partial charge in [0.2, 0.25) is 11.8 Å². The van der Waals surface area contributed by atoms with Crippen molar-refractivity contribution in [3.63, 3.8) is 0 Å². The van der Waals surface area contributed by atoms with Gasteiger partial charge in [-0.3, -0.25) is 9.59 Å². The third-order valence-electron chi connectivity index (χ3n) is 3.53. The molecule has 0 aliphatic heterocycles. The molecule has 0 bridgehead atoms. The molecule has 4 nitrogen and oxygen atoms in total. The molecule has 0 saturated heterocycles. The third kappa shape index (κ3) is 4.06. The Labute approximate surface area is 117 Å². The number of nitrogens with one attached hydrogen (secondary N) is 2. The molecule has 104 valence electrons. The molecule has 0 aromatic carbocycles. The van der Waals surface area contributed by atoms with Crippen molar-refractivity contribution in [3.05, 3.63) is 22.4 Å². The fraction of sp³-hybridized carbons (Fsp3) is 0.571. The number of hydrogen-bond acceptors (Lipinski definition) is 3. The molecule has 1 fully saturated rings. The molecule has 0 radical (unpaired) electrons. The fourth-order valence-electron chi connectivity index (χ4n) is 2.60. The van der Waals surface area contributed by atoms with E-state index >= 15 is 0 Å². The average Bonchev–Trinajstić information content (AvgIpc) is 3.05. The number of carbonyl (C=O) groups is 2. The van der Waals surface area contributed by atoms with Gasteiger partial charge in [0.15, 0.2) is 0 Å². The van der Waals surface area contributed by atoms with Crippen LogP contribution in [0.2, 0.25) is 0 Å². The van der Waals surface area contributed by atoms with E-state index in [2.05, 4.69) is 10.6 Å². The van der Waals surface area contributed by atoms with Crippen molar-refractivity contribution in [3.8, 4) is 0 Å². The number of amides is 2. The molecule has 2 amide bonds. The van der Waals surface area contributed by atoms with E-state index in [0.717, 1.165) is 30.6 Å². The highest BCUT2D eigenvalue weighted by molar-refractivity contribution is 7.09. The van der Waals surface area contributed by atoms with Crippen LogP contribution < -0.4 is 10.6 Å². The molecule has 0 spiro atoms. The van der Waals surface area contributed by atoms with Crippen molar-refractivity contribution in [1.29, 1.82) is 0 Å². The second-order valence-electron chi connectivity index (χ2n) is 5.02. The fourth-order valence-corrected chi connectivity index (χ4v) is 3.25. The number of rotatable bonds is 5. The SMILES string of the molecule is CC(=O)N[C@@H](C(=O)NCc1cccs1)C1CCCC1. The quantitative estimate of drug-likeness (QED) is 0.867. The lowest BCUT2D eigenvalue weighted by Crippen LogP contribution is -2.49. The van der Waals surface area contributed by atoms with Crippen molar-refractivity contribution in [2.24, 2.45) is 5.92 Å². The first-order valence-electron chi connectivity index (χ1n) is 6.74. The van der Waals surface area contributed by atoms with Crippen LogP contribution in [0.3, 0.4) is 0 Å². The number of hydrogen-bond donors (Lipinski definition) is 2. The van der Waals surface area contributed by atoms with E-state index in [0.29, 0.717) is 6.54 Å². The third-order valence-corrected chi connectivity index (χ3v) is 4.41. The lowest BCUT2D eigenvalue weighted by Gasteiger charge is -2.23. The normalized spacial score (nSPS) is 17.1. The molecule has 1 atom stereocenters. The smallest absolute Gasteiger partial charge is 0.243 e. The summed E-state index contributed by atoms with van der Waals surface area (Å²) in [4.78, 5) is 24.6. The molecule has 1 aliphatic rings. The van der Waals surface area contributed by atoms with Gasteiger partial charge in [0.1, 0.15) is 6.04 Å². The molecule has 2 N–H and O–H groups in total. The predicted octanol–water partition coefficient (Wildman–Crippen LogP) is 2.06. The van der Waals surface area contributed by atoms with Crippen LogP contribution in [-0.2, 0) is 16.1 Å². The Balaban J connectivity index is 1.92. The summed E-state index contributed by atoms with van der Waals surface area (Å²) in [5.74, 6) is 0.0888.